The van der Waals surface area contributed by atoms with Gasteiger partial charge in [-0.2, -0.15) is 0 Å². The maximum Gasteiger partial charge on any atom is 0.325 e. The molecule has 0 spiro atoms. The van der Waals surface area contributed by atoms with Crippen LogP contribution in [0.3, 0.4) is 0 Å². The molecular formula is C4H6N8O4. The van der Waals surface area contributed by atoms with E-state index in [1.54, 1.807) is 0 Å². The summed E-state index contributed by atoms with van der Waals surface area (Å²) in [6.07, 6.45) is 0. The second-order valence-corrected chi connectivity index (χ2v) is 2.52. The first kappa shape index (κ1) is 11.4. The van der Waals surface area contributed by atoms with E-state index in [2.05, 4.69) is 20.4 Å². The topological polar surface area (TPSA) is 144 Å². The van der Waals surface area contributed by atoms with Gasteiger partial charge in [-0.1, -0.05) is 10.0 Å². The molecule has 1 rings (SSSR count). The van der Waals surface area contributed by atoms with Crippen molar-refractivity contribution in [2.75, 3.05) is 24.1 Å². The maximum absolute atomic E-state index is 10.3. The third-order valence-electron chi connectivity index (χ3n) is 1.53. The van der Waals surface area contributed by atoms with Gasteiger partial charge in [0.2, 0.25) is 0 Å². The molecule has 12 heteroatoms. The number of nitro groups is 2. The van der Waals surface area contributed by atoms with Crippen molar-refractivity contribution in [2.24, 2.45) is 0 Å². The highest BCUT2D eigenvalue weighted by Crippen LogP contribution is 2.04. The average molecular weight is 230 g/mol. The van der Waals surface area contributed by atoms with Gasteiger partial charge in [0.15, 0.2) is 10.1 Å². The number of anilines is 2. The summed E-state index contributed by atoms with van der Waals surface area (Å²) in [6.45, 7) is 0. The molecule has 0 unspecified atom stereocenters. The van der Waals surface area contributed by atoms with Crippen molar-refractivity contribution in [1.82, 2.24) is 20.4 Å². The average Bonchev–Trinajstić information content (AvgIpc) is 2.27. The Morgan fingerprint density at radius 1 is 0.875 bits per heavy atom. The van der Waals surface area contributed by atoms with Crippen molar-refractivity contribution in [3.05, 3.63) is 20.2 Å². The van der Waals surface area contributed by atoms with Gasteiger partial charge >= 0.3 is 11.9 Å². The van der Waals surface area contributed by atoms with Crippen LogP contribution in [-0.4, -0.2) is 44.6 Å². The van der Waals surface area contributed by atoms with Gasteiger partial charge in [0.25, 0.3) is 0 Å². The minimum Gasteiger partial charge on any atom is -0.234 e. The molecule has 0 saturated carbocycles. The zero-order valence-electron chi connectivity index (χ0n) is 8.21. The Kier molecular flexibility index (Phi) is 3.03. The second kappa shape index (κ2) is 4.24. The molecule has 0 N–H and O–H groups in total. The van der Waals surface area contributed by atoms with Crippen LogP contribution in [0.4, 0.5) is 11.9 Å². The Morgan fingerprint density at radius 2 is 1.12 bits per heavy atom. The zero-order valence-corrected chi connectivity index (χ0v) is 8.21. The van der Waals surface area contributed by atoms with Gasteiger partial charge in [0, 0.05) is 0 Å². The van der Waals surface area contributed by atoms with Crippen LogP contribution in [0, 0.1) is 20.2 Å². The highest BCUT2D eigenvalue weighted by molar-refractivity contribution is 5.24. The van der Waals surface area contributed by atoms with Gasteiger partial charge < -0.3 is 0 Å². The Bertz CT molecular complexity index is 366. The highest BCUT2D eigenvalue weighted by atomic mass is 16.7. The van der Waals surface area contributed by atoms with E-state index in [0.29, 0.717) is 10.0 Å². The lowest BCUT2D eigenvalue weighted by Gasteiger charge is -2.06. The van der Waals surface area contributed by atoms with Gasteiger partial charge in [0.05, 0.1) is 14.1 Å². The number of nitrogens with zero attached hydrogens (tertiary/aromatic N) is 8. The number of aromatic nitrogens is 4. The van der Waals surface area contributed by atoms with E-state index >= 15 is 0 Å². The van der Waals surface area contributed by atoms with E-state index < -0.39 is 10.1 Å². The first-order chi connectivity index (χ1) is 7.43. The van der Waals surface area contributed by atoms with Gasteiger partial charge in [-0.3, -0.25) is 0 Å². The summed E-state index contributed by atoms with van der Waals surface area (Å²) in [4.78, 5) is 20.6. The molecule has 1 heterocycles. The number of rotatable bonds is 4. The van der Waals surface area contributed by atoms with Crippen LogP contribution in [-0.2, 0) is 0 Å². The van der Waals surface area contributed by atoms with Gasteiger partial charge in [-0.05, 0) is 0 Å². The summed E-state index contributed by atoms with van der Waals surface area (Å²) in [5.74, 6) is -0.740. The molecule has 0 aliphatic rings. The summed E-state index contributed by atoms with van der Waals surface area (Å²) < 4.78 is 0. The second-order valence-electron chi connectivity index (χ2n) is 2.52. The molecule has 0 fully saturated rings. The Hall–Kier alpha value is -2.66. The molecule has 0 aliphatic carbocycles. The molecule has 0 atom stereocenters. The molecule has 0 saturated heterocycles. The highest BCUT2D eigenvalue weighted by Gasteiger charge is 2.19. The summed E-state index contributed by atoms with van der Waals surface area (Å²) in [6, 6.07) is 0. The van der Waals surface area contributed by atoms with Gasteiger partial charge in [0.1, 0.15) is 0 Å². The fourth-order valence-electron chi connectivity index (χ4n) is 0.624. The molecule has 0 amide bonds. The lowest BCUT2D eigenvalue weighted by Crippen LogP contribution is -2.30. The van der Waals surface area contributed by atoms with Crippen LogP contribution in [0.5, 0.6) is 0 Å². The number of hydrogen-bond acceptors (Lipinski definition) is 8. The summed E-state index contributed by atoms with van der Waals surface area (Å²) >= 11 is 0. The molecule has 12 nitrogen and oxygen atoms in total. The predicted octanol–water partition coefficient (Wildman–Crippen LogP) is -1.48. The number of hydrazine groups is 2. The summed E-state index contributed by atoms with van der Waals surface area (Å²) in [5, 5.41) is 33.3. The van der Waals surface area contributed by atoms with E-state index in [9.17, 15) is 20.2 Å². The van der Waals surface area contributed by atoms with Crippen molar-refractivity contribution in [1.29, 1.82) is 0 Å². The fraction of sp³-hybridized carbons (Fsp3) is 0.500. The van der Waals surface area contributed by atoms with E-state index in [1.807, 2.05) is 0 Å². The third-order valence-corrected chi connectivity index (χ3v) is 1.53. The number of hydrogen-bond donors (Lipinski definition) is 0. The molecule has 1 aromatic rings. The Morgan fingerprint density at radius 3 is 1.31 bits per heavy atom. The van der Waals surface area contributed by atoms with Crippen molar-refractivity contribution in [2.45, 2.75) is 0 Å². The SMILES string of the molecule is CN(c1nnc(N(C)[N+](=O)[O-])nn1)[N+](=O)[O-]. The van der Waals surface area contributed by atoms with E-state index in [-0.39, 0.29) is 11.9 Å². The fourth-order valence-corrected chi connectivity index (χ4v) is 0.624. The minimum atomic E-state index is -0.782. The van der Waals surface area contributed by atoms with E-state index in [4.69, 9.17) is 0 Å². The maximum atomic E-state index is 10.3. The Labute approximate surface area is 87.7 Å². The standard InChI is InChI=1S/C4H6N8O4/c1-9(11(13)14)3-5-7-4(8-6-3)10(2)12(15)16/h1-2H3. The first-order valence-corrected chi connectivity index (χ1v) is 3.77. The van der Waals surface area contributed by atoms with Gasteiger partial charge in [-0.15, -0.1) is 20.4 Å². The van der Waals surface area contributed by atoms with Crippen molar-refractivity contribution in [3.8, 4) is 0 Å². The van der Waals surface area contributed by atoms with Crippen molar-refractivity contribution < 1.29 is 10.1 Å². The first-order valence-electron chi connectivity index (χ1n) is 3.77. The predicted molar refractivity (Wildman–Crippen MR) is 48.4 cm³/mol. The summed E-state index contributed by atoms with van der Waals surface area (Å²) in [5.41, 5.74) is 0. The lowest BCUT2D eigenvalue weighted by molar-refractivity contribution is -0.492. The van der Waals surface area contributed by atoms with E-state index in [1.165, 1.54) is 0 Å². The third kappa shape index (κ3) is 2.23. The van der Waals surface area contributed by atoms with Crippen LogP contribution in [0.15, 0.2) is 0 Å². The molecular weight excluding hydrogens is 224 g/mol. The molecule has 0 bridgehead atoms. The largest absolute Gasteiger partial charge is 0.325 e. The molecule has 0 aromatic carbocycles. The van der Waals surface area contributed by atoms with Crippen molar-refractivity contribution in [3.63, 3.8) is 0 Å². The normalized spacial score (nSPS) is 9.62. The lowest BCUT2D eigenvalue weighted by atomic mass is 10.9. The van der Waals surface area contributed by atoms with Crippen LogP contribution in [0.1, 0.15) is 0 Å². The van der Waals surface area contributed by atoms with Crippen LogP contribution < -0.4 is 10.0 Å². The van der Waals surface area contributed by atoms with Gasteiger partial charge in [-0.25, -0.2) is 20.2 Å². The van der Waals surface area contributed by atoms with Crippen molar-refractivity contribution >= 4 is 11.9 Å². The van der Waals surface area contributed by atoms with E-state index in [0.717, 1.165) is 14.1 Å². The molecule has 16 heavy (non-hydrogen) atoms. The Balaban J connectivity index is 2.91. The minimum absolute atomic E-state index is 0.370. The smallest absolute Gasteiger partial charge is 0.234 e. The molecule has 0 aliphatic heterocycles. The summed E-state index contributed by atoms with van der Waals surface area (Å²) in [7, 11) is 2.19. The molecule has 86 valence electrons. The van der Waals surface area contributed by atoms with Crippen LogP contribution in [0.2, 0.25) is 0 Å². The van der Waals surface area contributed by atoms with Crippen LogP contribution in [0.25, 0.3) is 0 Å². The zero-order chi connectivity index (χ0) is 12.3. The quantitative estimate of drug-likeness (QED) is 0.443. The van der Waals surface area contributed by atoms with Crippen LogP contribution >= 0.6 is 0 Å². The molecule has 0 radical (unpaired) electrons. The molecule has 1 aromatic heterocycles. The monoisotopic (exact) mass is 230 g/mol.